The molecule has 0 spiro atoms. The van der Waals surface area contributed by atoms with Gasteiger partial charge in [-0.25, -0.2) is 26.3 Å². The Morgan fingerprint density at radius 1 is 0.842 bits per heavy atom. The van der Waals surface area contributed by atoms with Crippen LogP contribution in [-0.2, 0) is 32.6 Å². The summed E-state index contributed by atoms with van der Waals surface area (Å²) in [5.41, 5.74) is 1.31. The first-order valence-electron chi connectivity index (χ1n) is 12.9. The van der Waals surface area contributed by atoms with Gasteiger partial charge in [-0.1, -0.05) is 31.2 Å². The SMILES string of the molecule is CC(CNS(=O)(=O)C(C)C)C1CCC(c2ccc(CCNS(=O)(=O)c3ccc(C(F)(F)F)cc3)cc2)CC1. The summed E-state index contributed by atoms with van der Waals surface area (Å²) in [6, 6.07) is 11.5. The van der Waals surface area contributed by atoms with Gasteiger partial charge in [0, 0.05) is 13.1 Å². The van der Waals surface area contributed by atoms with Crippen molar-refractivity contribution in [2.45, 2.75) is 75.1 Å². The van der Waals surface area contributed by atoms with Crippen LogP contribution < -0.4 is 9.44 Å². The molecule has 2 aromatic carbocycles. The highest BCUT2D eigenvalue weighted by atomic mass is 32.2. The summed E-state index contributed by atoms with van der Waals surface area (Å²) in [7, 11) is -7.15. The Kier molecular flexibility index (Phi) is 10.1. The number of benzene rings is 2. The molecule has 0 amide bonds. The van der Waals surface area contributed by atoms with Crippen molar-refractivity contribution in [2.75, 3.05) is 13.1 Å². The van der Waals surface area contributed by atoms with Crippen LogP contribution in [0.4, 0.5) is 13.2 Å². The third-order valence-electron chi connectivity index (χ3n) is 7.45. The molecular weight excluding hydrogens is 537 g/mol. The number of hydrogen-bond donors (Lipinski definition) is 2. The Morgan fingerprint density at radius 3 is 1.95 bits per heavy atom. The molecule has 1 fully saturated rings. The molecule has 3 rings (SSSR count). The van der Waals surface area contributed by atoms with Crippen LogP contribution in [0.3, 0.4) is 0 Å². The largest absolute Gasteiger partial charge is 0.416 e. The molecule has 0 heterocycles. The van der Waals surface area contributed by atoms with Gasteiger partial charge < -0.3 is 0 Å². The van der Waals surface area contributed by atoms with Crippen molar-refractivity contribution >= 4 is 20.0 Å². The van der Waals surface area contributed by atoms with Crippen LogP contribution in [0.25, 0.3) is 0 Å². The number of sulfonamides is 2. The van der Waals surface area contributed by atoms with E-state index >= 15 is 0 Å². The Bertz CT molecular complexity index is 1250. The van der Waals surface area contributed by atoms with Gasteiger partial charge in [-0.3, -0.25) is 0 Å². The number of rotatable bonds is 11. The van der Waals surface area contributed by atoms with E-state index in [1.165, 1.54) is 5.56 Å². The first-order valence-corrected chi connectivity index (χ1v) is 16.0. The van der Waals surface area contributed by atoms with Crippen LogP contribution in [0.5, 0.6) is 0 Å². The number of nitrogens with one attached hydrogen (secondary N) is 2. The minimum atomic E-state index is -4.52. The van der Waals surface area contributed by atoms with Gasteiger partial charge in [-0.2, -0.15) is 13.2 Å². The van der Waals surface area contributed by atoms with Gasteiger partial charge in [0.2, 0.25) is 20.0 Å². The Hall–Kier alpha value is -1.95. The van der Waals surface area contributed by atoms with Crippen LogP contribution in [0.15, 0.2) is 53.4 Å². The van der Waals surface area contributed by atoms with Crippen molar-refractivity contribution in [1.29, 1.82) is 0 Å². The topological polar surface area (TPSA) is 92.3 Å². The van der Waals surface area contributed by atoms with Crippen molar-refractivity contribution in [1.82, 2.24) is 9.44 Å². The van der Waals surface area contributed by atoms with Gasteiger partial charge in [0.15, 0.2) is 0 Å². The maximum absolute atomic E-state index is 12.7. The van der Waals surface area contributed by atoms with E-state index in [0.29, 0.717) is 24.8 Å². The van der Waals surface area contributed by atoms with Crippen molar-refractivity contribution in [2.24, 2.45) is 11.8 Å². The highest BCUT2D eigenvalue weighted by molar-refractivity contribution is 7.90. The van der Waals surface area contributed by atoms with Crippen LogP contribution in [0.1, 0.15) is 69.1 Å². The quantitative estimate of drug-likeness (QED) is 0.373. The molecule has 1 saturated carbocycles. The smallest absolute Gasteiger partial charge is 0.215 e. The normalized spacial score (nSPS) is 20.0. The highest BCUT2D eigenvalue weighted by Crippen LogP contribution is 2.38. The zero-order valence-corrected chi connectivity index (χ0v) is 23.6. The Balaban J connectivity index is 1.45. The fourth-order valence-electron chi connectivity index (χ4n) is 4.80. The van der Waals surface area contributed by atoms with E-state index in [1.807, 2.05) is 12.1 Å². The molecule has 0 aromatic heterocycles. The molecule has 2 aromatic rings. The van der Waals surface area contributed by atoms with Crippen molar-refractivity contribution in [3.63, 3.8) is 0 Å². The van der Waals surface area contributed by atoms with Crippen LogP contribution in [0.2, 0.25) is 0 Å². The van der Waals surface area contributed by atoms with Gasteiger partial charge >= 0.3 is 6.18 Å². The summed E-state index contributed by atoms with van der Waals surface area (Å²) in [4.78, 5) is -0.205. The molecular formula is C27H37F3N2O4S2. The molecule has 0 aliphatic heterocycles. The minimum absolute atomic E-state index is 0.131. The van der Waals surface area contributed by atoms with E-state index in [0.717, 1.165) is 55.5 Å². The highest BCUT2D eigenvalue weighted by Gasteiger charge is 2.31. The van der Waals surface area contributed by atoms with Crippen LogP contribution in [-0.4, -0.2) is 35.2 Å². The van der Waals surface area contributed by atoms with Crippen LogP contribution in [0, 0.1) is 11.8 Å². The molecule has 1 aliphatic carbocycles. The molecule has 1 unspecified atom stereocenters. The molecule has 2 N–H and O–H groups in total. The molecule has 0 bridgehead atoms. The second-order valence-electron chi connectivity index (χ2n) is 10.4. The van der Waals surface area contributed by atoms with E-state index in [2.05, 4.69) is 28.5 Å². The van der Waals surface area contributed by atoms with E-state index < -0.39 is 37.0 Å². The molecule has 1 aliphatic rings. The van der Waals surface area contributed by atoms with Crippen molar-refractivity contribution < 1.29 is 30.0 Å². The van der Waals surface area contributed by atoms with Crippen LogP contribution >= 0.6 is 0 Å². The summed E-state index contributed by atoms with van der Waals surface area (Å²) in [5, 5.41) is -0.437. The maximum atomic E-state index is 12.7. The standard InChI is InChI=1S/C27H37F3N2O4S2/c1-19(2)37(33,34)32-18-20(3)22-8-10-24(11-9-22)23-6-4-21(5-7-23)16-17-31-38(35,36)26-14-12-25(13-15-26)27(28,29)30/h4-7,12-15,19-20,22,24,31-32H,8-11,16-18H2,1-3H3. The summed E-state index contributed by atoms with van der Waals surface area (Å²) >= 11 is 0. The van der Waals surface area contributed by atoms with E-state index in [4.69, 9.17) is 0 Å². The van der Waals surface area contributed by atoms with Gasteiger partial charge in [0.05, 0.1) is 15.7 Å². The molecule has 0 saturated heterocycles. The molecule has 38 heavy (non-hydrogen) atoms. The summed E-state index contributed by atoms with van der Waals surface area (Å²) < 4.78 is 92.2. The lowest BCUT2D eigenvalue weighted by Crippen LogP contribution is -2.36. The molecule has 212 valence electrons. The van der Waals surface area contributed by atoms with E-state index in [1.54, 1.807) is 13.8 Å². The molecule has 11 heteroatoms. The summed E-state index contributed by atoms with van der Waals surface area (Å²) in [6.45, 7) is 6.05. The lowest BCUT2D eigenvalue weighted by atomic mass is 9.74. The van der Waals surface area contributed by atoms with Gasteiger partial charge in [-0.05, 0) is 99.1 Å². The van der Waals surface area contributed by atoms with E-state index in [-0.39, 0.29) is 17.4 Å². The van der Waals surface area contributed by atoms with Crippen molar-refractivity contribution in [3.8, 4) is 0 Å². The Labute approximate surface area is 224 Å². The number of hydrogen-bond acceptors (Lipinski definition) is 4. The molecule has 6 nitrogen and oxygen atoms in total. The number of alkyl halides is 3. The zero-order chi connectivity index (χ0) is 28.1. The second kappa shape index (κ2) is 12.5. The average molecular weight is 575 g/mol. The van der Waals surface area contributed by atoms with Gasteiger partial charge in [0.25, 0.3) is 0 Å². The minimum Gasteiger partial charge on any atom is -0.215 e. The molecule has 0 radical (unpaired) electrons. The lowest BCUT2D eigenvalue weighted by molar-refractivity contribution is -0.137. The average Bonchev–Trinajstić information content (AvgIpc) is 2.87. The number of halogens is 3. The fourth-order valence-corrected chi connectivity index (χ4v) is 6.66. The first kappa shape index (κ1) is 30.6. The Morgan fingerprint density at radius 2 is 1.42 bits per heavy atom. The monoisotopic (exact) mass is 574 g/mol. The second-order valence-corrected chi connectivity index (χ2v) is 14.5. The fraction of sp³-hybridized carbons (Fsp3) is 0.556. The van der Waals surface area contributed by atoms with Crippen molar-refractivity contribution in [3.05, 3.63) is 65.2 Å². The third-order valence-corrected chi connectivity index (χ3v) is 10.7. The molecule has 1 atom stereocenters. The van der Waals surface area contributed by atoms with E-state index in [9.17, 15) is 30.0 Å². The maximum Gasteiger partial charge on any atom is 0.416 e. The third kappa shape index (κ3) is 8.27. The zero-order valence-electron chi connectivity index (χ0n) is 22.0. The predicted molar refractivity (Wildman–Crippen MR) is 143 cm³/mol. The summed E-state index contributed by atoms with van der Waals surface area (Å²) in [6.07, 6.45) is 0.105. The van der Waals surface area contributed by atoms with Gasteiger partial charge in [-0.15, -0.1) is 0 Å². The lowest BCUT2D eigenvalue weighted by Gasteiger charge is -2.32. The first-order chi connectivity index (χ1) is 17.7. The van der Waals surface area contributed by atoms with Gasteiger partial charge in [0.1, 0.15) is 0 Å². The predicted octanol–water partition coefficient (Wildman–Crippen LogP) is 5.46. The summed E-state index contributed by atoms with van der Waals surface area (Å²) in [5.74, 6) is 1.20.